The molecule has 0 amide bonds. The van der Waals surface area contributed by atoms with E-state index in [0.717, 1.165) is 0 Å². The van der Waals surface area contributed by atoms with Gasteiger partial charge in [0, 0.05) is 6.61 Å². The number of rotatable bonds is 5. The van der Waals surface area contributed by atoms with Crippen LogP contribution in [0.25, 0.3) is 0 Å². The molecule has 1 saturated carbocycles. The second kappa shape index (κ2) is 7.87. The SMILES string of the molecule is CC1[C@H](CO[Si](c2ccccc2)(c2ccccc2)C(C)(C)C)C[C@@H]2OS(=O)(=O)O[C@@H]12. The van der Waals surface area contributed by atoms with Crippen molar-refractivity contribution in [3.8, 4) is 0 Å². The van der Waals surface area contributed by atoms with Gasteiger partial charge in [0.05, 0.1) is 0 Å². The van der Waals surface area contributed by atoms with Crippen LogP contribution in [0.3, 0.4) is 0 Å². The zero-order valence-corrected chi connectivity index (χ0v) is 19.8. The van der Waals surface area contributed by atoms with Gasteiger partial charge in [-0.05, 0) is 33.7 Å². The first kappa shape index (κ1) is 21.7. The summed E-state index contributed by atoms with van der Waals surface area (Å²) in [6.45, 7) is 9.35. The second-order valence-corrected chi connectivity index (χ2v) is 14.9. The van der Waals surface area contributed by atoms with E-state index in [4.69, 9.17) is 12.8 Å². The van der Waals surface area contributed by atoms with E-state index in [2.05, 4.69) is 69.3 Å². The van der Waals surface area contributed by atoms with Crippen LogP contribution in [0.15, 0.2) is 60.7 Å². The molecule has 1 aliphatic heterocycles. The molecular formula is C23H30O5SSi. The highest BCUT2D eigenvalue weighted by molar-refractivity contribution is 7.82. The van der Waals surface area contributed by atoms with E-state index < -0.39 is 30.9 Å². The molecule has 4 atom stereocenters. The predicted molar refractivity (Wildman–Crippen MR) is 120 cm³/mol. The highest BCUT2D eigenvalue weighted by Crippen LogP contribution is 2.43. The van der Waals surface area contributed by atoms with Gasteiger partial charge in [0.15, 0.2) is 0 Å². The van der Waals surface area contributed by atoms with E-state index in [1.807, 2.05) is 19.1 Å². The lowest BCUT2D eigenvalue weighted by Crippen LogP contribution is -2.67. The summed E-state index contributed by atoms with van der Waals surface area (Å²) in [7, 11) is -6.46. The molecular weight excluding hydrogens is 416 g/mol. The third kappa shape index (κ3) is 3.78. The molecule has 30 heavy (non-hydrogen) atoms. The monoisotopic (exact) mass is 446 g/mol. The van der Waals surface area contributed by atoms with E-state index in [9.17, 15) is 8.42 Å². The van der Waals surface area contributed by atoms with Crippen LogP contribution in [-0.4, -0.2) is 35.6 Å². The van der Waals surface area contributed by atoms with E-state index in [-0.39, 0.29) is 16.9 Å². The maximum Gasteiger partial charge on any atom is 0.400 e. The van der Waals surface area contributed by atoms with E-state index in [0.29, 0.717) is 13.0 Å². The highest BCUT2D eigenvalue weighted by atomic mass is 32.3. The van der Waals surface area contributed by atoms with Crippen molar-refractivity contribution in [3.05, 3.63) is 60.7 Å². The van der Waals surface area contributed by atoms with Crippen LogP contribution >= 0.6 is 0 Å². The maximum atomic E-state index is 11.6. The standard InChI is InChI=1S/C23H30O5SSi/c1-17-18(15-21-22(17)28-29(24,25)27-21)16-26-30(23(2,3)4,19-11-7-5-8-12-19)20-13-9-6-10-14-20/h5-14,17-18,21-22H,15-16H2,1-4H3/t17?,18-,21-,22-/m0/s1. The summed E-state index contributed by atoms with van der Waals surface area (Å²) < 4.78 is 40.6. The third-order valence-corrected chi connectivity index (χ3v) is 12.5. The van der Waals surface area contributed by atoms with Crippen LogP contribution in [0, 0.1) is 11.8 Å². The lowest BCUT2D eigenvalue weighted by Gasteiger charge is -2.43. The van der Waals surface area contributed by atoms with E-state index in [1.165, 1.54) is 10.4 Å². The summed E-state index contributed by atoms with van der Waals surface area (Å²) in [6, 6.07) is 21.1. The van der Waals surface area contributed by atoms with Crippen molar-refractivity contribution in [1.82, 2.24) is 0 Å². The minimum Gasteiger partial charge on any atom is -0.407 e. The molecule has 5 nitrogen and oxygen atoms in total. The largest absolute Gasteiger partial charge is 0.407 e. The summed E-state index contributed by atoms with van der Waals surface area (Å²) >= 11 is 0. The summed E-state index contributed by atoms with van der Waals surface area (Å²) in [5.74, 6) is 0.225. The first-order valence-electron chi connectivity index (χ1n) is 10.5. The Morgan fingerprint density at radius 1 is 0.967 bits per heavy atom. The molecule has 4 rings (SSSR count). The molecule has 2 aromatic rings. The van der Waals surface area contributed by atoms with Gasteiger partial charge in [0.1, 0.15) is 12.2 Å². The lowest BCUT2D eigenvalue weighted by molar-refractivity contribution is 0.139. The van der Waals surface area contributed by atoms with Gasteiger partial charge in [-0.2, -0.15) is 8.42 Å². The fourth-order valence-electron chi connectivity index (χ4n) is 5.02. The molecule has 0 radical (unpaired) electrons. The summed E-state index contributed by atoms with van der Waals surface area (Å²) in [5.41, 5.74) is 0. The summed E-state index contributed by atoms with van der Waals surface area (Å²) in [6.07, 6.45) is -0.191. The Labute approximate surface area is 180 Å². The van der Waals surface area contributed by atoms with Crippen molar-refractivity contribution in [2.24, 2.45) is 11.8 Å². The van der Waals surface area contributed by atoms with Gasteiger partial charge in [-0.15, -0.1) is 0 Å². The Morgan fingerprint density at radius 2 is 1.50 bits per heavy atom. The van der Waals surface area contributed by atoms with Crippen molar-refractivity contribution in [2.75, 3.05) is 6.61 Å². The molecule has 0 N–H and O–H groups in total. The van der Waals surface area contributed by atoms with Crippen molar-refractivity contribution < 1.29 is 21.2 Å². The number of hydrogen-bond acceptors (Lipinski definition) is 5. The molecule has 2 fully saturated rings. The number of fused-ring (bicyclic) bond motifs is 1. The predicted octanol–water partition coefficient (Wildman–Crippen LogP) is 3.25. The normalized spacial score (nSPS) is 28.4. The van der Waals surface area contributed by atoms with Gasteiger partial charge < -0.3 is 4.43 Å². The topological polar surface area (TPSA) is 61.8 Å². The van der Waals surface area contributed by atoms with Crippen LogP contribution < -0.4 is 10.4 Å². The molecule has 0 bridgehead atoms. The molecule has 2 aliphatic rings. The second-order valence-electron chi connectivity index (χ2n) is 9.43. The fraction of sp³-hybridized carbons (Fsp3) is 0.478. The molecule has 7 heteroatoms. The zero-order valence-electron chi connectivity index (χ0n) is 17.9. The quantitative estimate of drug-likeness (QED) is 0.660. The Bertz CT molecular complexity index is 932. The average molecular weight is 447 g/mol. The first-order chi connectivity index (χ1) is 14.1. The summed E-state index contributed by atoms with van der Waals surface area (Å²) in [5, 5.41) is 2.39. The van der Waals surface area contributed by atoms with Crippen molar-refractivity contribution >= 4 is 29.1 Å². The van der Waals surface area contributed by atoms with Gasteiger partial charge in [0.25, 0.3) is 8.32 Å². The minimum atomic E-state index is -3.85. The van der Waals surface area contributed by atoms with Gasteiger partial charge in [0.2, 0.25) is 0 Å². The zero-order chi connectivity index (χ0) is 21.6. The van der Waals surface area contributed by atoms with Crippen LogP contribution in [-0.2, 0) is 23.2 Å². The van der Waals surface area contributed by atoms with Crippen LogP contribution in [0.5, 0.6) is 0 Å². The van der Waals surface area contributed by atoms with Crippen molar-refractivity contribution in [3.63, 3.8) is 0 Å². The maximum absolute atomic E-state index is 11.6. The van der Waals surface area contributed by atoms with Gasteiger partial charge >= 0.3 is 10.4 Å². The van der Waals surface area contributed by atoms with Gasteiger partial charge in [-0.3, -0.25) is 0 Å². The molecule has 1 saturated heterocycles. The molecule has 2 aromatic carbocycles. The number of benzene rings is 2. The van der Waals surface area contributed by atoms with E-state index >= 15 is 0 Å². The molecule has 1 unspecified atom stereocenters. The number of hydrogen-bond donors (Lipinski definition) is 0. The van der Waals surface area contributed by atoms with Crippen molar-refractivity contribution in [1.29, 1.82) is 0 Å². The smallest absolute Gasteiger partial charge is 0.400 e. The average Bonchev–Trinajstić information content (AvgIpc) is 3.15. The molecule has 1 aliphatic carbocycles. The lowest BCUT2D eigenvalue weighted by atomic mass is 9.98. The van der Waals surface area contributed by atoms with E-state index in [1.54, 1.807) is 0 Å². The fourth-order valence-corrected chi connectivity index (χ4v) is 10.7. The molecule has 0 spiro atoms. The Kier molecular flexibility index (Phi) is 5.70. The highest BCUT2D eigenvalue weighted by Gasteiger charge is 2.54. The van der Waals surface area contributed by atoms with Crippen LogP contribution in [0.4, 0.5) is 0 Å². The molecule has 162 valence electrons. The van der Waals surface area contributed by atoms with Crippen molar-refractivity contribution in [2.45, 2.75) is 51.4 Å². The molecule has 1 heterocycles. The Morgan fingerprint density at radius 3 is 1.97 bits per heavy atom. The Hall–Kier alpha value is -1.51. The third-order valence-electron chi connectivity index (χ3n) is 6.56. The van der Waals surface area contributed by atoms with Gasteiger partial charge in [-0.1, -0.05) is 88.4 Å². The first-order valence-corrected chi connectivity index (χ1v) is 13.7. The summed E-state index contributed by atoms with van der Waals surface area (Å²) in [4.78, 5) is 0. The molecule has 0 aromatic heterocycles. The minimum absolute atomic E-state index is 0.0468. The van der Waals surface area contributed by atoms with Crippen LogP contribution in [0.2, 0.25) is 5.04 Å². The van der Waals surface area contributed by atoms with Crippen LogP contribution in [0.1, 0.15) is 34.1 Å². The van der Waals surface area contributed by atoms with Gasteiger partial charge in [-0.25, -0.2) is 8.37 Å². The Balaban J connectivity index is 1.67.